The first kappa shape index (κ1) is 15.2. The zero-order valence-corrected chi connectivity index (χ0v) is 12.4. The van der Waals surface area contributed by atoms with Gasteiger partial charge in [-0.1, -0.05) is 43.2 Å². The van der Waals surface area contributed by atoms with E-state index in [2.05, 4.69) is 62.3 Å². The summed E-state index contributed by atoms with van der Waals surface area (Å²) < 4.78 is 0. The van der Waals surface area contributed by atoms with E-state index in [9.17, 15) is 0 Å². The van der Waals surface area contributed by atoms with Crippen LogP contribution in [-0.2, 0) is 6.54 Å². The summed E-state index contributed by atoms with van der Waals surface area (Å²) in [5.74, 6) is 0. The molecule has 2 nitrogen and oxygen atoms in total. The van der Waals surface area contributed by atoms with Gasteiger partial charge in [0, 0.05) is 19.1 Å². The fraction of sp³-hybridized carbons (Fsp3) is 0.625. The standard InChI is InChI=1S/C16H28N2/c1-5-6-11-17-12-15(3)18(4)13-16-9-7-14(2)8-10-16/h7-10,15,17H,5-6,11-13H2,1-4H3. The zero-order chi connectivity index (χ0) is 13.4. The molecule has 0 spiro atoms. The van der Waals surface area contributed by atoms with Gasteiger partial charge in [0.15, 0.2) is 0 Å². The molecular formula is C16H28N2. The minimum absolute atomic E-state index is 0.572. The van der Waals surface area contributed by atoms with Gasteiger partial charge in [-0.25, -0.2) is 0 Å². The number of benzene rings is 1. The number of hydrogen-bond donors (Lipinski definition) is 1. The minimum Gasteiger partial charge on any atom is -0.315 e. The molecular weight excluding hydrogens is 220 g/mol. The van der Waals surface area contributed by atoms with E-state index in [0.717, 1.165) is 19.6 Å². The molecule has 0 fully saturated rings. The van der Waals surface area contributed by atoms with Crippen LogP contribution in [0.2, 0.25) is 0 Å². The van der Waals surface area contributed by atoms with Crippen molar-refractivity contribution in [2.24, 2.45) is 0 Å². The molecule has 102 valence electrons. The molecule has 0 aliphatic carbocycles. The predicted octanol–water partition coefficient (Wildman–Crippen LogP) is 3.21. The lowest BCUT2D eigenvalue weighted by Crippen LogP contribution is -2.37. The van der Waals surface area contributed by atoms with Crippen molar-refractivity contribution in [1.29, 1.82) is 0 Å². The summed E-state index contributed by atoms with van der Waals surface area (Å²) in [5.41, 5.74) is 2.72. The van der Waals surface area contributed by atoms with E-state index in [4.69, 9.17) is 0 Å². The van der Waals surface area contributed by atoms with E-state index in [0.29, 0.717) is 6.04 Å². The van der Waals surface area contributed by atoms with Gasteiger partial charge in [0.05, 0.1) is 0 Å². The van der Waals surface area contributed by atoms with Crippen LogP contribution in [-0.4, -0.2) is 31.1 Å². The van der Waals surface area contributed by atoms with E-state index in [1.165, 1.54) is 24.0 Å². The molecule has 0 amide bonds. The maximum absolute atomic E-state index is 3.52. The normalized spacial score (nSPS) is 12.9. The predicted molar refractivity (Wildman–Crippen MR) is 79.9 cm³/mol. The van der Waals surface area contributed by atoms with Crippen molar-refractivity contribution in [3.05, 3.63) is 35.4 Å². The van der Waals surface area contributed by atoms with Crippen molar-refractivity contribution in [3.8, 4) is 0 Å². The zero-order valence-electron chi connectivity index (χ0n) is 12.4. The Kier molecular flexibility index (Phi) is 6.99. The quantitative estimate of drug-likeness (QED) is 0.711. The van der Waals surface area contributed by atoms with Crippen molar-refractivity contribution < 1.29 is 0 Å². The Labute approximate surface area is 112 Å². The second kappa shape index (κ2) is 8.28. The van der Waals surface area contributed by atoms with Gasteiger partial charge in [0.25, 0.3) is 0 Å². The molecule has 1 N–H and O–H groups in total. The van der Waals surface area contributed by atoms with Gasteiger partial charge in [-0.15, -0.1) is 0 Å². The highest BCUT2D eigenvalue weighted by Gasteiger charge is 2.08. The van der Waals surface area contributed by atoms with E-state index < -0.39 is 0 Å². The number of unbranched alkanes of at least 4 members (excludes halogenated alkanes) is 1. The molecule has 1 rings (SSSR count). The molecule has 1 aromatic rings. The van der Waals surface area contributed by atoms with E-state index in [-0.39, 0.29) is 0 Å². The van der Waals surface area contributed by atoms with Crippen molar-refractivity contribution in [2.75, 3.05) is 20.1 Å². The third-order valence-electron chi connectivity index (χ3n) is 3.45. The van der Waals surface area contributed by atoms with Crippen LogP contribution in [0.1, 0.15) is 37.8 Å². The van der Waals surface area contributed by atoms with Crippen LogP contribution in [0.25, 0.3) is 0 Å². The van der Waals surface area contributed by atoms with Crippen LogP contribution < -0.4 is 5.32 Å². The molecule has 18 heavy (non-hydrogen) atoms. The van der Waals surface area contributed by atoms with Crippen LogP contribution in [0.15, 0.2) is 24.3 Å². The summed E-state index contributed by atoms with van der Waals surface area (Å²) in [6, 6.07) is 9.40. The Morgan fingerprint density at radius 1 is 1.22 bits per heavy atom. The van der Waals surface area contributed by atoms with Gasteiger partial charge in [0.2, 0.25) is 0 Å². The van der Waals surface area contributed by atoms with Crippen molar-refractivity contribution in [2.45, 2.75) is 46.2 Å². The molecule has 0 aliphatic heterocycles. The van der Waals surface area contributed by atoms with Crippen LogP contribution in [0.4, 0.5) is 0 Å². The summed E-state index contributed by atoms with van der Waals surface area (Å²) in [6.45, 7) is 9.88. The largest absolute Gasteiger partial charge is 0.315 e. The second-order valence-corrected chi connectivity index (χ2v) is 5.31. The lowest BCUT2D eigenvalue weighted by atomic mass is 10.1. The minimum atomic E-state index is 0.572. The Balaban J connectivity index is 2.30. The summed E-state index contributed by atoms with van der Waals surface area (Å²) in [7, 11) is 2.20. The van der Waals surface area contributed by atoms with Crippen LogP contribution >= 0.6 is 0 Å². The van der Waals surface area contributed by atoms with Crippen molar-refractivity contribution >= 4 is 0 Å². The number of nitrogens with zero attached hydrogens (tertiary/aromatic N) is 1. The van der Waals surface area contributed by atoms with E-state index >= 15 is 0 Å². The Morgan fingerprint density at radius 3 is 2.50 bits per heavy atom. The highest BCUT2D eigenvalue weighted by molar-refractivity contribution is 5.21. The summed E-state index contributed by atoms with van der Waals surface area (Å²) in [5, 5.41) is 3.52. The van der Waals surface area contributed by atoms with Gasteiger partial charge < -0.3 is 5.32 Å². The maximum atomic E-state index is 3.52. The maximum Gasteiger partial charge on any atom is 0.0234 e. The Morgan fingerprint density at radius 2 is 1.89 bits per heavy atom. The number of likely N-dealkylation sites (N-methyl/N-ethyl adjacent to an activating group) is 1. The van der Waals surface area contributed by atoms with Crippen molar-refractivity contribution in [3.63, 3.8) is 0 Å². The molecule has 0 radical (unpaired) electrons. The SMILES string of the molecule is CCCCNCC(C)N(C)Cc1ccc(C)cc1. The highest BCUT2D eigenvalue weighted by atomic mass is 15.1. The van der Waals surface area contributed by atoms with E-state index in [1.54, 1.807) is 0 Å². The molecule has 0 saturated heterocycles. The summed E-state index contributed by atoms with van der Waals surface area (Å²) >= 11 is 0. The topological polar surface area (TPSA) is 15.3 Å². The number of rotatable bonds is 8. The smallest absolute Gasteiger partial charge is 0.0234 e. The first-order chi connectivity index (χ1) is 8.63. The molecule has 0 aromatic heterocycles. The fourth-order valence-corrected chi connectivity index (χ4v) is 1.91. The number of hydrogen-bond acceptors (Lipinski definition) is 2. The van der Waals surface area contributed by atoms with Gasteiger partial charge in [-0.05, 0) is 39.4 Å². The van der Waals surface area contributed by atoms with Gasteiger partial charge in [-0.3, -0.25) is 4.90 Å². The molecule has 1 aromatic carbocycles. The summed E-state index contributed by atoms with van der Waals surface area (Å²) in [6.07, 6.45) is 2.54. The monoisotopic (exact) mass is 248 g/mol. The lowest BCUT2D eigenvalue weighted by Gasteiger charge is -2.25. The Hall–Kier alpha value is -0.860. The lowest BCUT2D eigenvalue weighted by molar-refractivity contribution is 0.243. The van der Waals surface area contributed by atoms with Gasteiger partial charge in [0.1, 0.15) is 0 Å². The molecule has 2 heteroatoms. The average molecular weight is 248 g/mol. The Bertz CT molecular complexity index is 318. The molecule has 1 unspecified atom stereocenters. The first-order valence-corrected chi connectivity index (χ1v) is 7.10. The van der Waals surface area contributed by atoms with Crippen LogP contribution in [0.3, 0.4) is 0 Å². The van der Waals surface area contributed by atoms with Gasteiger partial charge in [-0.2, -0.15) is 0 Å². The molecule has 0 heterocycles. The molecule has 0 aliphatic rings. The number of aryl methyl sites for hydroxylation is 1. The first-order valence-electron chi connectivity index (χ1n) is 7.10. The van der Waals surface area contributed by atoms with Crippen LogP contribution in [0.5, 0.6) is 0 Å². The van der Waals surface area contributed by atoms with E-state index in [1.807, 2.05) is 0 Å². The van der Waals surface area contributed by atoms with Crippen molar-refractivity contribution in [1.82, 2.24) is 10.2 Å². The van der Waals surface area contributed by atoms with Gasteiger partial charge >= 0.3 is 0 Å². The molecule has 0 bridgehead atoms. The molecule has 1 atom stereocenters. The van der Waals surface area contributed by atoms with Crippen LogP contribution in [0, 0.1) is 6.92 Å². The fourth-order valence-electron chi connectivity index (χ4n) is 1.91. The second-order valence-electron chi connectivity index (χ2n) is 5.31. The summed E-state index contributed by atoms with van der Waals surface area (Å²) in [4.78, 5) is 2.41. The third-order valence-corrected chi connectivity index (χ3v) is 3.45. The average Bonchev–Trinajstić information content (AvgIpc) is 2.37. The molecule has 0 saturated carbocycles. The highest BCUT2D eigenvalue weighted by Crippen LogP contribution is 2.07. The third kappa shape index (κ3) is 5.65. The number of nitrogens with one attached hydrogen (secondary N) is 1.